The highest BCUT2D eigenvalue weighted by atomic mass is 32.2. The first kappa shape index (κ1) is 29.7. The third kappa shape index (κ3) is 6.86. The van der Waals surface area contributed by atoms with Gasteiger partial charge in [-0.15, -0.1) is 0 Å². The number of carbonyl (C=O) groups excluding carboxylic acids is 2. The van der Waals surface area contributed by atoms with Crippen LogP contribution in [0.25, 0.3) is 0 Å². The standard InChI is InChI=1S/C15H16F8O8S/c1-3-7-29-11(25)13(14(19,20)21,31-10(24)9(2)16)30-8-5-4-6-12(17,18)15(22,23)32(26,27)28/h3H,1-2,4-8H2,(H,26,27,28)/p-1. The van der Waals surface area contributed by atoms with Gasteiger partial charge in [-0.1, -0.05) is 19.2 Å². The van der Waals surface area contributed by atoms with E-state index in [2.05, 4.69) is 27.4 Å². The van der Waals surface area contributed by atoms with Crippen molar-refractivity contribution < 1.29 is 71.9 Å². The van der Waals surface area contributed by atoms with Crippen LogP contribution in [-0.2, 0) is 33.9 Å². The van der Waals surface area contributed by atoms with E-state index in [9.17, 15) is 57.7 Å². The Morgan fingerprint density at radius 2 is 1.56 bits per heavy atom. The second-order valence-corrected chi connectivity index (χ2v) is 7.20. The molecule has 0 heterocycles. The average molecular weight is 507 g/mol. The fourth-order valence-electron chi connectivity index (χ4n) is 1.79. The molecule has 0 amide bonds. The van der Waals surface area contributed by atoms with Crippen molar-refractivity contribution in [1.29, 1.82) is 0 Å². The molecule has 0 fully saturated rings. The van der Waals surface area contributed by atoms with Crippen molar-refractivity contribution in [3.63, 3.8) is 0 Å². The molecule has 186 valence electrons. The molecule has 0 aliphatic carbocycles. The van der Waals surface area contributed by atoms with Gasteiger partial charge in [-0.05, 0) is 12.8 Å². The minimum absolute atomic E-state index is 0.793. The lowest BCUT2D eigenvalue weighted by Crippen LogP contribution is -2.58. The van der Waals surface area contributed by atoms with Gasteiger partial charge >= 0.3 is 35.1 Å². The molecule has 0 aromatic rings. The predicted octanol–water partition coefficient (Wildman–Crippen LogP) is 2.96. The van der Waals surface area contributed by atoms with Crippen molar-refractivity contribution in [3.8, 4) is 0 Å². The normalized spacial score (nSPS) is 14.9. The van der Waals surface area contributed by atoms with Gasteiger partial charge in [0, 0.05) is 6.42 Å². The number of halogens is 8. The highest BCUT2D eigenvalue weighted by molar-refractivity contribution is 7.86. The molecule has 32 heavy (non-hydrogen) atoms. The molecule has 0 bridgehead atoms. The smallest absolute Gasteiger partial charge is 0.468 e. The first-order valence-electron chi connectivity index (χ1n) is 8.04. The van der Waals surface area contributed by atoms with E-state index in [-0.39, 0.29) is 0 Å². The molecule has 0 N–H and O–H groups in total. The summed E-state index contributed by atoms with van der Waals surface area (Å²) in [5.74, 6) is -16.9. The van der Waals surface area contributed by atoms with Crippen LogP contribution >= 0.6 is 0 Å². The Kier molecular flexibility index (Phi) is 9.81. The number of ether oxygens (including phenoxy) is 3. The summed E-state index contributed by atoms with van der Waals surface area (Å²) in [4.78, 5) is 23.1. The Morgan fingerprint density at radius 3 is 1.97 bits per heavy atom. The number of rotatable bonds is 13. The average Bonchev–Trinajstić information content (AvgIpc) is 2.62. The molecule has 0 spiro atoms. The lowest BCUT2D eigenvalue weighted by Gasteiger charge is -2.32. The Labute approximate surface area is 175 Å². The summed E-state index contributed by atoms with van der Waals surface area (Å²) in [7, 11) is -6.77. The summed E-state index contributed by atoms with van der Waals surface area (Å²) < 4.78 is 149. The number of esters is 2. The van der Waals surface area contributed by atoms with Crippen LogP contribution in [0, 0.1) is 0 Å². The molecule has 1 atom stereocenters. The third-order valence-electron chi connectivity index (χ3n) is 3.36. The zero-order valence-corrected chi connectivity index (χ0v) is 16.5. The van der Waals surface area contributed by atoms with Gasteiger partial charge in [0.1, 0.15) is 6.61 Å². The molecule has 0 aliphatic rings. The number of hydrogen-bond acceptors (Lipinski definition) is 8. The predicted molar refractivity (Wildman–Crippen MR) is 85.7 cm³/mol. The Hall–Kier alpha value is -2.27. The van der Waals surface area contributed by atoms with Crippen LogP contribution < -0.4 is 0 Å². The van der Waals surface area contributed by atoms with E-state index in [4.69, 9.17) is 0 Å². The summed E-state index contributed by atoms with van der Waals surface area (Å²) >= 11 is 0. The van der Waals surface area contributed by atoms with Crippen LogP contribution in [0.5, 0.6) is 0 Å². The van der Waals surface area contributed by atoms with Crippen molar-refractivity contribution in [3.05, 3.63) is 25.1 Å². The molecule has 0 aromatic carbocycles. The molecule has 1 unspecified atom stereocenters. The van der Waals surface area contributed by atoms with Crippen molar-refractivity contribution in [1.82, 2.24) is 0 Å². The van der Waals surface area contributed by atoms with Crippen LogP contribution in [0.15, 0.2) is 25.1 Å². The number of unbranched alkanes of at least 4 members (excludes halogenated alkanes) is 1. The van der Waals surface area contributed by atoms with Crippen LogP contribution in [0.2, 0.25) is 0 Å². The minimum Gasteiger partial charge on any atom is -0.743 e. The van der Waals surface area contributed by atoms with E-state index in [1.165, 1.54) is 0 Å². The first-order valence-corrected chi connectivity index (χ1v) is 9.45. The monoisotopic (exact) mass is 507 g/mol. The van der Waals surface area contributed by atoms with Gasteiger partial charge in [0.05, 0.1) is 6.61 Å². The summed E-state index contributed by atoms with van der Waals surface area (Å²) in [5, 5.41) is -6.01. The zero-order chi connectivity index (χ0) is 25.6. The molecule has 0 aromatic heterocycles. The van der Waals surface area contributed by atoms with Crippen molar-refractivity contribution in [2.45, 2.75) is 42.4 Å². The van der Waals surface area contributed by atoms with Crippen molar-refractivity contribution in [2.75, 3.05) is 13.2 Å². The largest absolute Gasteiger partial charge is 0.743 e. The molecule has 0 saturated carbocycles. The summed E-state index contributed by atoms with van der Waals surface area (Å²) in [5.41, 5.74) is 0. The molecule has 0 rings (SSSR count). The van der Waals surface area contributed by atoms with Crippen LogP contribution in [-0.4, -0.2) is 61.3 Å². The second-order valence-electron chi connectivity index (χ2n) is 5.78. The fraction of sp³-hybridized carbons (Fsp3) is 0.600. The molecular formula is C15H15F8O8S-. The van der Waals surface area contributed by atoms with Gasteiger partial charge in [0.15, 0.2) is 10.1 Å². The van der Waals surface area contributed by atoms with Crippen LogP contribution in [0.3, 0.4) is 0 Å². The Bertz CT molecular complexity index is 824. The van der Waals surface area contributed by atoms with Crippen LogP contribution in [0.1, 0.15) is 19.3 Å². The highest BCUT2D eigenvalue weighted by Gasteiger charge is 2.68. The molecule has 0 aliphatic heterocycles. The molecular weight excluding hydrogens is 492 g/mol. The Morgan fingerprint density at radius 1 is 1.03 bits per heavy atom. The summed E-state index contributed by atoms with van der Waals surface area (Å²) in [6.07, 6.45) is -9.25. The summed E-state index contributed by atoms with van der Waals surface area (Å²) in [6, 6.07) is 0. The van der Waals surface area contributed by atoms with Gasteiger partial charge in [-0.3, -0.25) is 0 Å². The molecule has 0 saturated heterocycles. The minimum atomic E-state index is -6.77. The van der Waals surface area contributed by atoms with Gasteiger partial charge < -0.3 is 18.8 Å². The van der Waals surface area contributed by atoms with Crippen molar-refractivity contribution in [2.24, 2.45) is 0 Å². The summed E-state index contributed by atoms with van der Waals surface area (Å²) in [6.45, 7) is 3.14. The van der Waals surface area contributed by atoms with Gasteiger partial charge in [-0.25, -0.2) is 18.0 Å². The molecule has 0 radical (unpaired) electrons. The quantitative estimate of drug-likeness (QED) is 0.0710. The van der Waals surface area contributed by atoms with E-state index in [1.807, 2.05) is 0 Å². The Balaban J connectivity index is 5.51. The maximum Gasteiger partial charge on any atom is 0.468 e. The maximum absolute atomic E-state index is 13.5. The van der Waals surface area contributed by atoms with E-state index >= 15 is 0 Å². The zero-order valence-electron chi connectivity index (χ0n) is 15.7. The first-order chi connectivity index (χ1) is 14.3. The van der Waals surface area contributed by atoms with E-state index in [0.717, 1.165) is 6.08 Å². The van der Waals surface area contributed by atoms with Crippen LogP contribution in [0.4, 0.5) is 35.1 Å². The third-order valence-corrected chi connectivity index (χ3v) is 4.29. The lowest BCUT2D eigenvalue weighted by atomic mass is 10.1. The fourth-order valence-corrected chi connectivity index (χ4v) is 2.26. The van der Waals surface area contributed by atoms with E-state index < -0.39 is 83.5 Å². The SMILES string of the molecule is C=CCOC(=O)C(OCCCCC(F)(F)C(F)(F)S(=O)(=O)[O-])(OC(=O)C(=C)F)C(F)(F)F. The number of carbonyl (C=O) groups is 2. The topological polar surface area (TPSA) is 119 Å². The highest BCUT2D eigenvalue weighted by Crippen LogP contribution is 2.42. The van der Waals surface area contributed by atoms with Gasteiger partial charge in [-0.2, -0.15) is 35.1 Å². The van der Waals surface area contributed by atoms with Gasteiger partial charge in [0.2, 0.25) is 5.83 Å². The van der Waals surface area contributed by atoms with Gasteiger partial charge in [0.25, 0.3) is 0 Å². The van der Waals surface area contributed by atoms with Crippen molar-refractivity contribution >= 4 is 22.1 Å². The second kappa shape index (κ2) is 10.6. The molecule has 8 nitrogen and oxygen atoms in total. The lowest BCUT2D eigenvalue weighted by molar-refractivity contribution is -0.354. The maximum atomic E-state index is 13.5. The number of alkyl halides is 7. The van der Waals surface area contributed by atoms with E-state index in [1.54, 1.807) is 0 Å². The number of hydrogen-bond donors (Lipinski definition) is 0. The molecule has 17 heteroatoms. The van der Waals surface area contributed by atoms with E-state index in [0.29, 0.717) is 0 Å².